The van der Waals surface area contributed by atoms with Crippen LogP contribution in [0.25, 0.3) is 0 Å². The zero-order valence-corrected chi connectivity index (χ0v) is 28.8. The van der Waals surface area contributed by atoms with Gasteiger partial charge in [-0.1, -0.05) is 84.8 Å². The van der Waals surface area contributed by atoms with Crippen molar-refractivity contribution in [2.24, 2.45) is 0 Å². The molecule has 248 valence electrons. The van der Waals surface area contributed by atoms with Crippen LogP contribution in [-0.4, -0.2) is 50.4 Å². The third-order valence-electron chi connectivity index (χ3n) is 7.89. The summed E-state index contributed by atoms with van der Waals surface area (Å²) >= 11 is 6.57. The molecule has 0 aliphatic rings. The molecule has 1 N–H and O–H groups in total. The van der Waals surface area contributed by atoms with Crippen LogP contribution in [0.2, 0.25) is 5.02 Å². The fourth-order valence-electron chi connectivity index (χ4n) is 5.05. The number of anilines is 1. The van der Waals surface area contributed by atoms with Crippen LogP contribution in [0.4, 0.5) is 5.69 Å². The number of nitrogens with one attached hydrogen (secondary N) is 1. The smallest absolute Gasteiger partial charge is 0.264 e. The standard InChI is InChI=1S/C37H42ClN3O5S/c1-5-28(4)39-37(43)35(24-29-12-8-7-9-13-29)40(25-30-14-10-11-15-34(30)38)36(42)26-41(31-18-16-27(3)17-19-31)47(44,45)33-22-20-32(21-23-33)46-6-2/h7-23,28,35H,5-6,24-26H2,1-4H3,(H,39,43)/t28-,35-/m1/s1. The minimum Gasteiger partial charge on any atom is -0.494 e. The van der Waals surface area contributed by atoms with Crippen LogP contribution in [0.5, 0.6) is 5.75 Å². The number of aryl methyl sites for hydroxylation is 1. The van der Waals surface area contributed by atoms with Gasteiger partial charge in [-0.05, 0) is 80.8 Å². The van der Waals surface area contributed by atoms with E-state index in [1.54, 1.807) is 54.6 Å². The van der Waals surface area contributed by atoms with Crippen molar-refractivity contribution < 1.29 is 22.7 Å². The first-order valence-corrected chi connectivity index (χ1v) is 17.5. The van der Waals surface area contributed by atoms with E-state index in [-0.39, 0.29) is 29.8 Å². The topological polar surface area (TPSA) is 96.0 Å². The molecule has 0 aliphatic carbocycles. The summed E-state index contributed by atoms with van der Waals surface area (Å²) in [5.41, 5.74) is 2.74. The van der Waals surface area contributed by atoms with Gasteiger partial charge in [0, 0.05) is 24.0 Å². The summed E-state index contributed by atoms with van der Waals surface area (Å²) in [6.45, 7) is 7.49. The number of hydrogen-bond acceptors (Lipinski definition) is 5. The molecule has 2 atom stereocenters. The minimum atomic E-state index is -4.23. The van der Waals surface area contributed by atoms with Crippen molar-refractivity contribution in [1.82, 2.24) is 10.2 Å². The zero-order chi connectivity index (χ0) is 34.0. The van der Waals surface area contributed by atoms with E-state index in [1.807, 2.05) is 64.1 Å². The van der Waals surface area contributed by atoms with Crippen LogP contribution >= 0.6 is 11.6 Å². The van der Waals surface area contributed by atoms with Crippen molar-refractivity contribution in [3.63, 3.8) is 0 Å². The summed E-state index contributed by atoms with van der Waals surface area (Å²) in [5, 5.41) is 3.47. The Hall–Kier alpha value is -4.34. The number of nitrogens with zero attached hydrogens (tertiary/aromatic N) is 2. The number of carbonyl (C=O) groups excluding carboxylic acids is 2. The summed E-state index contributed by atoms with van der Waals surface area (Å²) < 4.78 is 35.1. The normalized spacial score (nSPS) is 12.5. The molecule has 0 fully saturated rings. The van der Waals surface area contributed by atoms with Crippen molar-refractivity contribution in [2.45, 2.75) is 64.1 Å². The molecule has 10 heteroatoms. The third-order valence-corrected chi connectivity index (χ3v) is 10.1. The lowest BCUT2D eigenvalue weighted by Crippen LogP contribution is -2.54. The maximum Gasteiger partial charge on any atom is 0.264 e. The van der Waals surface area contributed by atoms with Gasteiger partial charge in [-0.15, -0.1) is 0 Å². The van der Waals surface area contributed by atoms with E-state index in [1.165, 1.54) is 17.0 Å². The number of rotatable bonds is 15. The second kappa shape index (κ2) is 16.5. The SMILES string of the molecule is CCOc1ccc(S(=O)(=O)N(CC(=O)N(Cc2ccccc2Cl)[C@H](Cc2ccccc2)C(=O)N[C@H](C)CC)c2ccc(C)cc2)cc1. The van der Waals surface area contributed by atoms with Crippen LogP contribution in [0.15, 0.2) is 108 Å². The highest BCUT2D eigenvalue weighted by Gasteiger charge is 2.35. The molecule has 8 nitrogen and oxygen atoms in total. The Morgan fingerprint density at radius 1 is 0.872 bits per heavy atom. The van der Waals surface area contributed by atoms with Gasteiger partial charge in [-0.25, -0.2) is 8.42 Å². The van der Waals surface area contributed by atoms with Crippen LogP contribution in [0.3, 0.4) is 0 Å². The molecule has 0 unspecified atom stereocenters. The minimum absolute atomic E-state index is 0.00216. The van der Waals surface area contributed by atoms with Gasteiger partial charge < -0.3 is 15.0 Å². The van der Waals surface area contributed by atoms with Crippen molar-refractivity contribution in [2.75, 3.05) is 17.5 Å². The molecule has 0 radical (unpaired) electrons. The Balaban J connectivity index is 1.80. The van der Waals surface area contributed by atoms with E-state index in [4.69, 9.17) is 16.3 Å². The molecule has 0 aliphatic heterocycles. The van der Waals surface area contributed by atoms with Crippen LogP contribution in [-0.2, 0) is 32.6 Å². The second-order valence-electron chi connectivity index (χ2n) is 11.4. The number of benzene rings is 4. The average molecular weight is 676 g/mol. The molecule has 4 rings (SSSR count). The summed E-state index contributed by atoms with van der Waals surface area (Å²) in [7, 11) is -4.23. The molecule has 0 saturated carbocycles. The van der Waals surface area contributed by atoms with Crippen LogP contribution in [0, 0.1) is 6.92 Å². The maximum absolute atomic E-state index is 14.6. The summed E-state index contributed by atoms with van der Waals surface area (Å²) in [6.07, 6.45) is 0.916. The highest BCUT2D eigenvalue weighted by molar-refractivity contribution is 7.92. The highest BCUT2D eigenvalue weighted by atomic mass is 35.5. The van der Waals surface area contributed by atoms with Gasteiger partial charge in [0.25, 0.3) is 10.0 Å². The molecule has 0 aromatic heterocycles. The molecule has 4 aromatic rings. The molecule has 4 aromatic carbocycles. The van der Waals surface area contributed by atoms with Gasteiger partial charge in [0.1, 0.15) is 18.3 Å². The molecule has 0 heterocycles. The van der Waals surface area contributed by atoms with Crippen molar-refractivity contribution in [3.05, 3.63) is 125 Å². The van der Waals surface area contributed by atoms with Crippen molar-refractivity contribution in [1.29, 1.82) is 0 Å². The largest absolute Gasteiger partial charge is 0.494 e. The van der Waals surface area contributed by atoms with Gasteiger partial charge in [-0.2, -0.15) is 0 Å². The lowest BCUT2D eigenvalue weighted by atomic mass is 10.0. The number of halogens is 1. The fourth-order valence-corrected chi connectivity index (χ4v) is 6.66. The predicted octanol–water partition coefficient (Wildman–Crippen LogP) is 6.80. The zero-order valence-electron chi connectivity index (χ0n) is 27.2. The summed E-state index contributed by atoms with van der Waals surface area (Å²) in [6, 6.07) is 28.5. The first-order chi connectivity index (χ1) is 22.5. The molecule has 47 heavy (non-hydrogen) atoms. The molecule has 0 bridgehead atoms. The van der Waals surface area contributed by atoms with Crippen LogP contribution in [0.1, 0.15) is 43.9 Å². The monoisotopic (exact) mass is 675 g/mol. The molecule has 0 spiro atoms. The van der Waals surface area contributed by atoms with Crippen LogP contribution < -0.4 is 14.4 Å². The van der Waals surface area contributed by atoms with Gasteiger partial charge in [0.05, 0.1) is 17.2 Å². The molecular weight excluding hydrogens is 634 g/mol. The third kappa shape index (κ3) is 9.36. The molecule has 2 amide bonds. The van der Waals surface area contributed by atoms with Gasteiger partial charge >= 0.3 is 0 Å². The van der Waals surface area contributed by atoms with Gasteiger partial charge in [0.15, 0.2) is 0 Å². The average Bonchev–Trinajstić information content (AvgIpc) is 3.07. The maximum atomic E-state index is 14.6. The number of hydrogen-bond donors (Lipinski definition) is 1. The quantitative estimate of drug-likeness (QED) is 0.150. The second-order valence-corrected chi connectivity index (χ2v) is 13.7. The number of ether oxygens (including phenoxy) is 1. The highest BCUT2D eigenvalue weighted by Crippen LogP contribution is 2.27. The Kier molecular flexibility index (Phi) is 12.4. The van der Waals surface area contributed by atoms with Crippen molar-refractivity contribution in [3.8, 4) is 5.75 Å². The lowest BCUT2D eigenvalue weighted by Gasteiger charge is -2.34. The Morgan fingerprint density at radius 2 is 1.51 bits per heavy atom. The predicted molar refractivity (Wildman–Crippen MR) is 187 cm³/mol. The van der Waals surface area contributed by atoms with E-state index < -0.39 is 28.5 Å². The molecule has 0 saturated heterocycles. The summed E-state index contributed by atoms with van der Waals surface area (Å²) in [4.78, 5) is 30.0. The van der Waals surface area contributed by atoms with E-state index in [9.17, 15) is 18.0 Å². The number of carbonyl (C=O) groups is 2. The van der Waals surface area contributed by atoms with E-state index in [2.05, 4.69) is 5.32 Å². The van der Waals surface area contributed by atoms with E-state index in [0.717, 1.165) is 15.4 Å². The number of sulfonamides is 1. The lowest BCUT2D eigenvalue weighted by molar-refractivity contribution is -0.140. The first kappa shape index (κ1) is 35.5. The van der Waals surface area contributed by atoms with Gasteiger partial charge in [-0.3, -0.25) is 13.9 Å². The number of amides is 2. The van der Waals surface area contributed by atoms with E-state index >= 15 is 0 Å². The Bertz CT molecular complexity index is 1730. The van der Waals surface area contributed by atoms with Gasteiger partial charge in [0.2, 0.25) is 11.8 Å². The van der Waals surface area contributed by atoms with E-state index in [0.29, 0.717) is 35.1 Å². The fraction of sp³-hybridized carbons (Fsp3) is 0.297. The Morgan fingerprint density at radius 3 is 2.13 bits per heavy atom. The molecular formula is C37H42ClN3O5S. The van der Waals surface area contributed by atoms with Crippen molar-refractivity contribution >= 4 is 39.1 Å². The summed E-state index contributed by atoms with van der Waals surface area (Å²) in [5.74, 6) is -0.355. The Labute approximate surface area is 283 Å². The first-order valence-electron chi connectivity index (χ1n) is 15.7.